The van der Waals surface area contributed by atoms with Crippen LogP contribution in [-0.2, 0) is 4.74 Å². The van der Waals surface area contributed by atoms with Crippen molar-refractivity contribution in [2.45, 2.75) is 58.0 Å². The molecule has 1 nitrogen and oxygen atoms in total. The average Bonchev–Trinajstić information content (AvgIpc) is 2.96. The highest BCUT2D eigenvalue weighted by Crippen LogP contribution is 2.53. The third kappa shape index (κ3) is 1.56. The molecule has 0 amide bonds. The van der Waals surface area contributed by atoms with Gasteiger partial charge in [-0.3, -0.25) is 0 Å². The largest absolute Gasteiger partial charge is 0.370 e. The highest BCUT2D eigenvalue weighted by atomic mass is 16.6. The summed E-state index contributed by atoms with van der Waals surface area (Å²) in [6.07, 6.45) is 10.7. The molecular formula is C14H22O. The summed E-state index contributed by atoms with van der Waals surface area (Å²) in [7, 11) is 0. The maximum absolute atomic E-state index is 5.62. The van der Waals surface area contributed by atoms with Gasteiger partial charge in [0.05, 0.1) is 12.2 Å². The van der Waals surface area contributed by atoms with Crippen LogP contribution >= 0.6 is 0 Å². The van der Waals surface area contributed by atoms with Crippen molar-refractivity contribution < 1.29 is 4.74 Å². The Morgan fingerprint density at radius 3 is 2.87 bits per heavy atom. The molecule has 0 aromatic rings. The monoisotopic (exact) mass is 206 g/mol. The van der Waals surface area contributed by atoms with Gasteiger partial charge < -0.3 is 4.74 Å². The lowest BCUT2D eigenvalue weighted by molar-refractivity contribution is 0.151. The molecule has 3 rings (SSSR count). The number of rotatable bonds is 1. The van der Waals surface area contributed by atoms with Crippen LogP contribution < -0.4 is 0 Å². The Bertz CT molecular complexity index is 300. The Hall–Kier alpha value is -0.300. The van der Waals surface area contributed by atoms with Gasteiger partial charge in [0.25, 0.3) is 0 Å². The van der Waals surface area contributed by atoms with Gasteiger partial charge in [0.2, 0.25) is 0 Å². The predicted molar refractivity (Wildman–Crippen MR) is 61.7 cm³/mol. The quantitative estimate of drug-likeness (QED) is 0.471. The first-order chi connectivity index (χ1) is 7.12. The zero-order valence-electron chi connectivity index (χ0n) is 10.0. The van der Waals surface area contributed by atoms with Crippen LogP contribution in [0.4, 0.5) is 0 Å². The second-order valence-corrected chi connectivity index (χ2v) is 6.22. The number of allylic oxidation sites excluding steroid dienone is 2. The summed E-state index contributed by atoms with van der Waals surface area (Å²) >= 11 is 0. The van der Waals surface area contributed by atoms with Crippen LogP contribution in [0.3, 0.4) is 0 Å². The second-order valence-electron chi connectivity index (χ2n) is 6.22. The number of hydrogen-bond donors (Lipinski definition) is 0. The van der Waals surface area contributed by atoms with Crippen molar-refractivity contribution in [3.05, 3.63) is 11.6 Å². The first-order valence-electron chi connectivity index (χ1n) is 6.46. The molecule has 0 radical (unpaired) electrons. The van der Waals surface area contributed by atoms with E-state index in [1.54, 1.807) is 5.57 Å². The van der Waals surface area contributed by atoms with Gasteiger partial charge in [-0.15, -0.1) is 0 Å². The first-order valence-corrected chi connectivity index (χ1v) is 6.46. The molecule has 15 heavy (non-hydrogen) atoms. The maximum atomic E-state index is 5.62. The van der Waals surface area contributed by atoms with Gasteiger partial charge in [-0.2, -0.15) is 0 Å². The highest BCUT2D eigenvalue weighted by Gasteiger charge is 2.50. The zero-order valence-corrected chi connectivity index (χ0v) is 10.0. The summed E-state index contributed by atoms with van der Waals surface area (Å²) in [6.45, 7) is 5.77. The van der Waals surface area contributed by atoms with Crippen LogP contribution in [0.2, 0.25) is 0 Å². The maximum Gasteiger partial charge on any atom is 0.0919 e. The minimum atomic E-state index is 0.250. The lowest BCUT2D eigenvalue weighted by Crippen LogP contribution is -2.34. The van der Waals surface area contributed by atoms with Gasteiger partial charge in [-0.05, 0) is 56.8 Å². The molecule has 1 heterocycles. The SMILES string of the molecule is CC12CCCC=C1CC(C1(C)CO1)CC2. The molecule has 1 saturated heterocycles. The van der Waals surface area contributed by atoms with Crippen molar-refractivity contribution in [3.63, 3.8) is 0 Å². The van der Waals surface area contributed by atoms with E-state index in [4.69, 9.17) is 4.74 Å². The highest BCUT2D eigenvalue weighted by molar-refractivity contribution is 5.21. The van der Waals surface area contributed by atoms with Gasteiger partial charge in [-0.25, -0.2) is 0 Å². The van der Waals surface area contributed by atoms with E-state index in [1.807, 2.05) is 0 Å². The number of fused-ring (bicyclic) bond motifs is 1. The van der Waals surface area contributed by atoms with Crippen LogP contribution in [0, 0.1) is 11.3 Å². The minimum Gasteiger partial charge on any atom is -0.370 e. The normalized spacial score (nSPS) is 49.5. The Morgan fingerprint density at radius 1 is 1.33 bits per heavy atom. The van der Waals surface area contributed by atoms with E-state index in [2.05, 4.69) is 19.9 Å². The zero-order chi connectivity index (χ0) is 10.5. The number of hydrogen-bond acceptors (Lipinski definition) is 1. The smallest absolute Gasteiger partial charge is 0.0919 e. The molecule has 1 heteroatoms. The molecule has 2 fully saturated rings. The van der Waals surface area contributed by atoms with E-state index in [0.29, 0.717) is 5.41 Å². The molecule has 1 saturated carbocycles. The molecule has 0 aromatic heterocycles. The third-order valence-electron chi connectivity index (χ3n) is 5.07. The van der Waals surface area contributed by atoms with Gasteiger partial charge in [0, 0.05) is 0 Å². The molecule has 3 unspecified atom stereocenters. The van der Waals surface area contributed by atoms with E-state index in [1.165, 1.54) is 38.5 Å². The van der Waals surface area contributed by atoms with Crippen LogP contribution in [0.1, 0.15) is 52.4 Å². The van der Waals surface area contributed by atoms with Crippen molar-refractivity contribution in [2.75, 3.05) is 6.61 Å². The van der Waals surface area contributed by atoms with E-state index in [9.17, 15) is 0 Å². The summed E-state index contributed by atoms with van der Waals surface area (Å²) in [5.41, 5.74) is 2.56. The fourth-order valence-corrected chi connectivity index (χ4v) is 3.52. The summed E-state index contributed by atoms with van der Waals surface area (Å²) in [5, 5.41) is 0. The Kier molecular flexibility index (Phi) is 2.04. The Labute approximate surface area is 92.9 Å². The minimum absolute atomic E-state index is 0.250. The molecule has 84 valence electrons. The summed E-state index contributed by atoms with van der Waals surface area (Å²) in [4.78, 5) is 0. The molecule has 0 N–H and O–H groups in total. The van der Waals surface area contributed by atoms with Crippen molar-refractivity contribution >= 4 is 0 Å². The van der Waals surface area contributed by atoms with Gasteiger partial charge in [0.1, 0.15) is 0 Å². The molecular weight excluding hydrogens is 184 g/mol. The lowest BCUT2D eigenvalue weighted by Gasteiger charge is -2.43. The molecule has 0 spiro atoms. The second kappa shape index (κ2) is 3.10. The average molecular weight is 206 g/mol. The summed E-state index contributed by atoms with van der Waals surface area (Å²) in [5.74, 6) is 0.801. The van der Waals surface area contributed by atoms with Crippen molar-refractivity contribution in [1.82, 2.24) is 0 Å². The van der Waals surface area contributed by atoms with Crippen molar-refractivity contribution in [1.29, 1.82) is 0 Å². The first kappa shape index (κ1) is 9.89. The van der Waals surface area contributed by atoms with Crippen LogP contribution in [-0.4, -0.2) is 12.2 Å². The van der Waals surface area contributed by atoms with E-state index in [-0.39, 0.29) is 5.60 Å². The summed E-state index contributed by atoms with van der Waals surface area (Å²) in [6, 6.07) is 0. The van der Waals surface area contributed by atoms with Crippen LogP contribution in [0.15, 0.2) is 11.6 Å². The van der Waals surface area contributed by atoms with E-state index >= 15 is 0 Å². The fraction of sp³-hybridized carbons (Fsp3) is 0.857. The Morgan fingerprint density at radius 2 is 2.13 bits per heavy atom. The van der Waals surface area contributed by atoms with Gasteiger partial charge in [0.15, 0.2) is 0 Å². The molecule has 3 aliphatic rings. The Balaban J connectivity index is 1.79. The fourth-order valence-electron chi connectivity index (χ4n) is 3.52. The molecule has 0 aromatic carbocycles. The van der Waals surface area contributed by atoms with E-state index in [0.717, 1.165) is 12.5 Å². The van der Waals surface area contributed by atoms with Crippen LogP contribution in [0.5, 0.6) is 0 Å². The standard InChI is InChI=1S/C14H22O/c1-13-7-4-3-5-11(13)9-12(6-8-13)14(2)10-15-14/h5,12H,3-4,6-10H2,1-2H3. The lowest BCUT2D eigenvalue weighted by atomic mass is 9.62. The topological polar surface area (TPSA) is 12.5 Å². The van der Waals surface area contributed by atoms with Gasteiger partial charge in [-0.1, -0.05) is 18.6 Å². The number of ether oxygens (including phenoxy) is 1. The number of epoxide rings is 1. The molecule has 1 aliphatic heterocycles. The van der Waals surface area contributed by atoms with E-state index < -0.39 is 0 Å². The van der Waals surface area contributed by atoms with Gasteiger partial charge >= 0.3 is 0 Å². The molecule has 2 aliphatic carbocycles. The predicted octanol–water partition coefficient (Wildman–Crippen LogP) is 3.69. The van der Waals surface area contributed by atoms with Crippen molar-refractivity contribution in [2.24, 2.45) is 11.3 Å². The molecule has 0 bridgehead atoms. The third-order valence-corrected chi connectivity index (χ3v) is 5.07. The van der Waals surface area contributed by atoms with Crippen molar-refractivity contribution in [3.8, 4) is 0 Å². The summed E-state index contributed by atoms with van der Waals surface area (Å²) < 4.78 is 5.62. The molecule has 3 atom stereocenters. The van der Waals surface area contributed by atoms with Crippen LogP contribution in [0.25, 0.3) is 0 Å².